The van der Waals surface area contributed by atoms with Gasteiger partial charge in [-0.2, -0.15) is 0 Å². The SMILES string of the molecule is CCCC[C@@H](CC)CNC(=O)c1ccc(CN(c2ccc(Br)c(C)c2)S(C)(=O)=O)cc1. The smallest absolute Gasteiger partial charge is 0.251 e. The summed E-state index contributed by atoms with van der Waals surface area (Å²) in [6.07, 6.45) is 5.72. The largest absolute Gasteiger partial charge is 0.352 e. The fraction of sp³-hybridized carbons (Fsp3) is 0.458. The summed E-state index contributed by atoms with van der Waals surface area (Å²) in [7, 11) is -3.46. The Balaban J connectivity index is 2.08. The predicted octanol–water partition coefficient (Wildman–Crippen LogP) is 5.67. The van der Waals surface area contributed by atoms with E-state index in [0.717, 1.165) is 34.9 Å². The van der Waals surface area contributed by atoms with Crippen LogP contribution in [0, 0.1) is 12.8 Å². The summed E-state index contributed by atoms with van der Waals surface area (Å²) < 4.78 is 27.1. The summed E-state index contributed by atoms with van der Waals surface area (Å²) in [5, 5.41) is 3.03. The highest BCUT2D eigenvalue weighted by atomic mass is 79.9. The van der Waals surface area contributed by atoms with E-state index in [9.17, 15) is 13.2 Å². The molecule has 0 aliphatic carbocycles. The van der Waals surface area contributed by atoms with E-state index in [1.807, 2.05) is 31.2 Å². The molecule has 0 radical (unpaired) electrons. The highest BCUT2D eigenvalue weighted by Crippen LogP contribution is 2.26. The molecule has 7 heteroatoms. The summed E-state index contributed by atoms with van der Waals surface area (Å²) in [6.45, 7) is 7.14. The van der Waals surface area contributed by atoms with E-state index in [-0.39, 0.29) is 12.5 Å². The molecule has 170 valence electrons. The number of hydrogen-bond acceptors (Lipinski definition) is 3. The summed E-state index contributed by atoms with van der Waals surface area (Å²) in [6, 6.07) is 12.6. The van der Waals surface area contributed by atoms with E-state index in [1.165, 1.54) is 17.0 Å². The van der Waals surface area contributed by atoms with Gasteiger partial charge in [-0.1, -0.05) is 61.2 Å². The Bertz CT molecular complexity index is 975. The Morgan fingerprint density at radius 2 is 1.81 bits per heavy atom. The number of anilines is 1. The molecule has 31 heavy (non-hydrogen) atoms. The van der Waals surface area contributed by atoms with Crippen molar-refractivity contribution in [1.29, 1.82) is 0 Å². The van der Waals surface area contributed by atoms with Crippen molar-refractivity contribution in [3.05, 3.63) is 63.6 Å². The Morgan fingerprint density at radius 3 is 2.35 bits per heavy atom. The second-order valence-electron chi connectivity index (χ2n) is 8.03. The van der Waals surface area contributed by atoms with E-state index in [0.29, 0.717) is 23.7 Å². The molecular weight excluding hydrogens is 476 g/mol. The molecule has 0 heterocycles. The molecule has 0 fully saturated rings. The van der Waals surface area contributed by atoms with Crippen LogP contribution in [0.25, 0.3) is 0 Å². The van der Waals surface area contributed by atoms with E-state index < -0.39 is 10.0 Å². The zero-order valence-corrected chi connectivity index (χ0v) is 21.2. The molecule has 0 spiro atoms. The first-order valence-electron chi connectivity index (χ1n) is 10.8. The van der Waals surface area contributed by atoms with Crippen molar-refractivity contribution in [3.63, 3.8) is 0 Å². The van der Waals surface area contributed by atoms with Crippen LogP contribution in [0.4, 0.5) is 5.69 Å². The van der Waals surface area contributed by atoms with E-state index in [1.54, 1.807) is 18.2 Å². The first kappa shape index (κ1) is 25.4. The van der Waals surface area contributed by atoms with Gasteiger partial charge in [0, 0.05) is 16.6 Å². The number of sulfonamides is 1. The van der Waals surface area contributed by atoms with Gasteiger partial charge in [0.05, 0.1) is 18.5 Å². The first-order chi connectivity index (χ1) is 14.7. The lowest BCUT2D eigenvalue weighted by Gasteiger charge is -2.23. The number of carbonyl (C=O) groups excluding carboxylic acids is 1. The lowest BCUT2D eigenvalue weighted by molar-refractivity contribution is 0.0946. The molecule has 1 amide bonds. The van der Waals surface area contributed by atoms with Gasteiger partial charge in [-0.25, -0.2) is 8.42 Å². The number of benzene rings is 2. The van der Waals surface area contributed by atoms with Crippen molar-refractivity contribution >= 4 is 37.5 Å². The van der Waals surface area contributed by atoms with Crippen LogP contribution in [0.15, 0.2) is 46.9 Å². The normalized spacial score (nSPS) is 12.4. The van der Waals surface area contributed by atoms with Crippen molar-refractivity contribution in [2.45, 2.75) is 53.0 Å². The molecule has 0 aliphatic rings. The van der Waals surface area contributed by atoms with Crippen molar-refractivity contribution < 1.29 is 13.2 Å². The molecule has 5 nitrogen and oxygen atoms in total. The Labute approximate surface area is 195 Å². The molecule has 1 N–H and O–H groups in total. The van der Waals surface area contributed by atoms with Crippen LogP contribution in [0.2, 0.25) is 0 Å². The Hall–Kier alpha value is -1.86. The molecule has 2 aromatic carbocycles. The molecule has 0 aromatic heterocycles. The van der Waals surface area contributed by atoms with Crippen molar-refractivity contribution in [3.8, 4) is 0 Å². The number of nitrogens with one attached hydrogen (secondary N) is 1. The topological polar surface area (TPSA) is 66.5 Å². The minimum Gasteiger partial charge on any atom is -0.352 e. The molecule has 2 aromatic rings. The van der Waals surface area contributed by atoms with Gasteiger partial charge in [0.1, 0.15) is 0 Å². The molecule has 2 rings (SSSR count). The van der Waals surface area contributed by atoms with Gasteiger partial charge in [-0.3, -0.25) is 9.10 Å². The third kappa shape index (κ3) is 7.65. The summed E-state index contributed by atoms with van der Waals surface area (Å²) >= 11 is 3.45. The molecule has 0 aliphatic heterocycles. The molecule has 0 saturated carbocycles. The zero-order chi connectivity index (χ0) is 23.0. The van der Waals surface area contributed by atoms with Crippen LogP contribution in [0.5, 0.6) is 0 Å². The van der Waals surface area contributed by atoms with Gasteiger partial charge < -0.3 is 5.32 Å². The maximum Gasteiger partial charge on any atom is 0.251 e. The van der Waals surface area contributed by atoms with Gasteiger partial charge >= 0.3 is 0 Å². The number of nitrogens with zero attached hydrogens (tertiary/aromatic N) is 1. The molecular formula is C24H33BrN2O3S. The maximum absolute atomic E-state index is 12.5. The van der Waals surface area contributed by atoms with Crippen molar-refractivity contribution in [2.24, 2.45) is 5.92 Å². The molecule has 0 saturated heterocycles. The van der Waals surface area contributed by atoms with Gasteiger partial charge in [-0.15, -0.1) is 0 Å². The highest BCUT2D eigenvalue weighted by molar-refractivity contribution is 9.10. The second kappa shape index (κ2) is 11.7. The van der Waals surface area contributed by atoms with Crippen LogP contribution in [0.3, 0.4) is 0 Å². The number of aryl methyl sites for hydroxylation is 1. The Kier molecular flexibility index (Phi) is 9.56. The number of unbranched alkanes of at least 4 members (excludes halogenated alkanes) is 1. The lowest BCUT2D eigenvalue weighted by Crippen LogP contribution is -2.30. The number of rotatable bonds is 11. The fourth-order valence-corrected chi connectivity index (χ4v) is 4.52. The minimum absolute atomic E-state index is 0.0926. The van der Waals surface area contributed by atoms with Gasteiger partial charge in [0.15, 0.2) is 0 Å². The molecule has 1 atom stereocenters. The monoisotopic (exact) mass is 508 g/mol. The third-order valence-electron chi connectivity index (χ3n) is 5.47. The fourth-order valence-electron chi connectivity index (χ4n) is 3.39. The van der Waals surface area contributed by atoms with Crippen LogP contribution >= 0.6 is 15.9 Å². The van der Waals surface area contributed by atoms with Crippen LogP contribution in [0.1, 0.15) is 61.0 Å². The van der Waals surface area contributed by atoms with E-state index in [4.69, 9.17) is 0 Å². The number of hydrogen-bond donors (Lipinski definition) is 1. The van der Waals surface area contributed by atoms with Gasteiger partial charge in [0.2, 0.25) is 10.0 Å². The highest BCUT2D eigenvalue weighted by Gasteiger charge is 2.19. The standard InChI is InChI=1S/C24H33BrN2O3S/c1-5-7-8-19(6-2)16-26-24(28)21-11-9-20(10-12-21)17-27(31(4,29)30)22-13-14-23(25)18(3)15-22/h9-15,19H,5-8,16-17H2,1-4H3,(H,26,28)/t19-/m1/s1. The Morgan fingerprint density at radius 1 is 1.13 bits per heavy atom. The van der Waals surface area contributed by atoms with Crippen LogP contribution in [-0.4, -0.2) is 27.1 Å². The minimum atomic E-state index is -3.46. The molecule has 0 unspecified atom stereocenters. The van der Waals surface area contributed by atoms with Crippen LogP contribution < -0.4 is 9.62 Å². The average Bonchev–Trinajstić information content (AvgIpc) is 2.73. The average molecular weight is 510 g/mol. The van der Waals surface area contributed by atoms with E-state index >= 15 is 0 Å². The van der Waals surface area contributed by atoms with Gasteiger partial charge in [-0.05, 0) is 60.7 Å². The predicted molar refractivity (Wildman–Crippen MR) is 132 cm³/mol. The maximum atomic E-state index is 12.5. The van der Waals surface area contributed by atoms with E-state index in [2.05, 4.69) is 35.1 Å². The summed E-state index contributed by atoms with van der Waals surface area (Å²) in [5.74, 6) is 0.408. The van der Waals surface area contributed by atoms with Crippen LogP contribution in [-0.2, 0) is 16.6 Å². The first-order valence-corrected chi connectivity index (χ1v) is 13.4. The summed E-state index contributed by atoms with van der Waals surface area (Å²) in [5.41, 5.74) is 2.97. The zero-order valence-electron chi connectivity index (χ0n) is 18.8. The molecule has 0 bridgehead atoms. The summed E-state index contributed by atoms with van der Waals surface area (Å²) in [4.78, 5) is 12.5. The van der Waals surface area contributed by atoms with Gasteiger partial charge in [0.25, 0.3) is 5.91 Å². The third-order valence-corrected chi connectivity index (χ3v) is 7.50. The lowest BCUT2D eigenvalue weighted by atomic mass is 9.99. The number of amides is 1. The number of halogens is 1. The van der Waals surface area contributed by atoms with Crippen molar-refractivity contribution in [2.75, 3.05) is 17.1 Å². The quantitative estimate of drug-likeness (QED) is 0.425. The second-order valence-corrected chi connectivity index (χ2v) is 10.8. The van der Waals surface area contributed by atoms with Crippen molar-refractivity contribution in [1.82, 2.24) is 5.32 Å². The number of carbonyl (C=O) groups is 1.